The van der Waals surface area contributed by atoms with Gasteiger partial charge in [-0.25, -0.2) is 0 Å². The zero-order valence-corrected chi connectivity index (χ0v) is 10.4. The Morgan fingerprint density at radius 3 is 2.65 bits per heavy atom. The SMILES string of the molecule is CC(C)COc1ccccc1NCC(O)CO. The van der Waals surface area contributed by atoms with Gasteiger partial charge >= 0.3 is 0 Å². The summed E-state index contributed by atoms with van der Waals surface area (Å²) in [5, 5.41) is 21.1. The van der Waals surface area contributed by atoms with Crippen molar-refractivity contribution in [2.75, 3.05) is 25.1 Å². The molecule has 1 atom stereocenters. The van der Waals surface area contributed by atoms with Gasteiger partial charge in [-0.3, -0.25) is 0 Å². The van der Waals surface area contributed by atoms with Crippen molar-refractivity contribution in [3.8, 4) is 5.75 Å². The number of nitrogens with one attached hydrogen (secondary N) is 1. The fourth-order valence-corrected chi connectivity index (χ4v) is 1.29. The fraction of sp³-hybridized carbons (Fsp3) is 0.538. The Hall–Kier alpha value is -1.26. The summed E-state index contributed by atoms with van der Waals surface area (Å²) in [7, 11) is 0. The van der Waals surface area contributed by atoms with Crippen LogP contribution in [0, 0.1) is 5.92 Å². The average Bonchev–Trinajstić information content (AvgIpc) is 2.34. The Morgan fingerprint density at radius 2 is 2.00 bits per heavy atom. The summed E-state index contributed by atoms with van der Waals surface area (Å²) < 4.78 is 5.66. The Balaban J connectivity index is 2.57. The summed E-state index contributed by atoms with van der Waals surface area (Å²) >= 11 is 0. The third-order valence-electron chi connectivity index (χ3n) is 2.20. The van der Waals surface area contributed by atoms with E-state index in [2.05, 4.69) is 19.2 Å². The van der Waals surface area contributed by atoms with Crippen molar-refractivity contribution in [2.45, 2.75) is 20.0 Å². The van der Waals surface area contributed by atoms with Gasteiger partial charge in [-0.1, -0.05) is 26.0 Å². The smallest absolute Gasteiger partial charge is 0.142 e. The van der Waals surface area contributed by atoms with Crippen molar-refractivity contribution in [1.82, 2.24) is 0 Å². The molecular weight excluding hydrogens is 218 g/mol. The van der Waals surface area contributed by atoms with Crippen molar-refractivity contribution in [2.24, 2.45) is 5.92 Å². The van der Waals surface area contributed by atoms with Gasteiger partial charge in [-0.05, 0) is 18.1 Å². The van der Waals surface area contributed by atoms with E-state index in [4.69, 9.17) is 9.84 Å². The molecule has 0 heterocycles. The average molecular weight is 239 g/mol. The second kappa shape index (κ2) is 7.14. The topological polar surface area (TPSA) is 61.7 Å². The summed E-state index contributed by atoms with van der Waals surface area (Å²) in [6.07, 6.45) is -0.756. The Bertz CT molecular complexity index is 328. The largest absolute Gasteiger partial charge is 0.491 e. The van der Waals surface area contributed by atoms with Gasteiger partial charge in [-0.15, -0.1) is 0 Å². The molecule has 0 aliphatic rings. The Labute approximate surface area is 102 Å². The minimum Gasteiger partial charge on any atom is -0.491 e. The van der Waals surface area contributed by atoms with Crippen LogP contribution >= 0.6 is 0 Å². The lowest BCUT2D eigenvalue weighted by Crippen LogP contribution is -2.23. The zero-order chi connectivity index (χ0) is 12.7. The minimum atomic E-state index is -0.756. The number of para-hydroxylation sites is 2. The molecular formula is C13H21NO3. The molecule has 0 saturated heterocycles. The first kappa shape index (κ1) is 13.8. The maximum absolute atomic E-state index is 9.27. The van der Waals surface area contributed by atoms with Gasteiger partial charge in [0, 0.05) is 6.54 Å². The predicted octanol–water partition coefficient (Wildman–Crippen LogP) is 1.49. The van der Waals surface area contributed by atoms with Crippen molar-refractivity contribution in [3.05, 3.63) is 24.3 Å². The molecule has 1 aromatic rings. The van der Waals surface area contributed by atoms with E-state index in [1.54, 1.807) is 0 Å². The third kappa shape index (κ3) is 5.06. The van der Waals surface area contributed by atoms with Crippen LogP contribution in [0.1, 0.15) is 13.8 Å². The van der Waals surface area contributed by atoms with Crippen molar-refractivity contribution in [3.63, 3.8) is 0 Å². The molecule has 0 fully saturated rings. The molecule has 0 spiro atoms. The lowest BCUT2D eigenvalue weighted by molar-refractivity contribution is 0.105. The minimum absolute atomic E-state index is 0.248. The highest BCUT2D eigenvalue weighted by atomic mass is 16.5. The number of rotatable bonds is 7. The highest BCUT2D eigenvalue weighted by Gasteiger charge is 2.06. The quantitative estimate of drug-likeness (QED) is 0.674. The molecule has 17 heavy (non-hydrogen) atoms. The number of aliphatic hydroxyl groups excluding tert-OH is 2. The molecule has 0 radical (unpaired) electrons. The van der Waals surface area contributed by atoms with Crippen LogP contribution in [0.5, 0.6) is 5.75 Å². The van der Waals surface area contributed by atoms with E-state index in [-0.39, 0.29) is 6.61 Å². The number of hydrogen-bond donors (Lipinski definition) is 3. The summed E-state index contributed by atoms with van der Waals surface area (Å²) in [6, 6.07) is 7.58. The number of benzene rings is 1. The van der Waals surface area contributed by atoms with Crippen molar-refractivity contribution < 1.29 is 14.9 Å². The first-order valence-electron chi connectivity index (χ1n) is 5.88. The van der Waals surface area contributed by atoms with Crippen LogP contribution in [0.2, 0.25) is 0 Å². The van der Waals surface area contributed by atoms with E-state index in [1.807, 2.05) is 24.3 Å². The van der Waals surface area contributed by atoms with Crippen LogP contribution in [-0.2, 0) is 0 Å². The highest BCUT2D eigenvalue weighted by Crippen LogP contribution is 2.24. The molecule has 0 aliphatic heterocycles. The molecule has 0 bridgehead atoms. The number of aliphatic hydroxyl groups is 2. The lowest BCUT2D eigenvalue weighted by Gasteiger charge is -2.15. The van der Waals surface area contributed by atoms with E-state index in [0.717, 1.165) is 11.4 Å². The third-order valence-corrected chi connectivity index (χ3v) is 2.20. The summed E-state index contributed by atoms with van der Waals surface area (Å²) in [4.78, 5) is 0. The van der Waals surface area contributed by atoms with Gasteiger partial charge < -0.3 is 20.3 Å². The maximum atomic E-state index is 9.27. The standard InChI is InChI=1S/C13H21NO3/c1-10(2)9-17-13-6-4-3-5-12(13)14-7-11(16)8-15/h3-6,10-11,14-16H,7-9H2,1-2H3. The molecule has 0 aromatic heterocycles. The van der Waals surface area contributed by atoms with E-state index in [1.165, 1.54) is 0 Å². The van der Waals surface area contributed by atoms with Crippen molar-refractivity contribution >= 4 is 5.69 Å². The van der Waals surface area contributed by atoms with Gasteiger partial charge in [0.2, 0.25) is 0 Å². The second-order valence-corrected chi connectivity index (χ2v) is 4.42. The predicted molar refractivity (Wildman–Crippen MR) is 68.4 cm³/mol. The van der Waals surface area contributed by atoms with Crippen LogP contribution in [0.25, 0.3) is 0 Å². The summed E-state index contributed by atoms with van der Waals surface area (Å²) in [5.74, 6) is 1.23. The van der Waals surface area contributed by atoms with Gasteiger partial charge in [0.1, 0.15) is 5.75 Å². The molecule has 4 nitrogen and oxygen atoms in total. The van der Waals surface area contributed by atoms with Gasteiger partial charge in [-0.2, -0.15) is 0 Å². The molecule has 3 N–H and O–H groups in total. The van der Waals surface area contributed by atoms with Crippen LogP contribution in [0.3, 0.4) is 0 Å². The van der Waals surface area contributed by atoms with E-state index in [0.29, 0.717) is 19.1 Å². The molecule has 0 amide bonds. The molecule has 1 aromatic carbocycles. The van der Waals surface area contributed by atoms with E-state index in [9.17, 15) is 5.11 Å². The lowest BCUT2D eigenvalue weighted by atomic mass is 10.2. The second-order valence-electron chi connectivity index (χ2n) is 4.42. The molecule has 96 valence electrons. The number of anilines is 1. The highest BCUT2D eigenvalue weighted by molar-refractivity contribution is 5.56. The first-order valence-corrected chi connectivity index (χ1v) is 5.88. The Kier molecular flexibility index (Phi) is 5.80. The fourth-order valence-electron chi connectivity index (χ4n) is 1.29. The van der Waals surface area contributed by atoms with Crippen LogP contribution in [-0.4, -0.2) is 36.1 Å². The summed E-state index contributed by atoms with van der Waals surface area (Å²) in [5.41, 5.74) is 0.834. The molecule has 1 rings (SSSR count). The van der Waals surface area contributed by atoms with E-state index < -0.39 is 6.10 Å². The monoisotopic (exact) mass is 239 g/mol. The van der Waals surface area contributed by atoms with Gasteiger partial charge in [0.15, 0.2) is 0 Å². The maximum Gasteiger partial charge on any atom is 0.142 e. The van der Waals surface area contributed by atoms with Crippen LogP contribution in [0.4, 0.5) is 5.69 Å². The molecule has 0 aliphatic carbocycles. The van der Waals surface area contributed by atoms with Gasteiger partial charge in [0.25, 0.3) is 0 Å². The van der Waals surface area contributed by atoms with Crippen LogP contribution < -0.4 is 10.1 Å². The number of ether oxygens (including phenoxy) is 1. The number of hydrogen-bond acceptors (Lipinski definition) is 4. The van der Waals surface area contributed by atoms with E-state index >= 15 is 0 Å². The summed E-state index contributed by atoms with van der Waals surface area (Å²) in [6.45, 7) is 4.89. The molecule has 1 unspecified atom stereocenters. The molecule has 0 saturated carbocycles. The Morgan fingerprint density at radius 1 is 1.29 bits per heavy atom. The van der Waals surface area contributed by atoms with Crippen LogP contribution in [0.15, 0.2) is 24.3 Å². The first-order chi connectivity index (χ1) is 8.13. The normalized spacial score (nSPS) is 12.5. The van der Waals surface area contributed by atoms with Gasteiger partial charge in [0.05, 0.1) is 25.0 Å². The van der Waals surface area contributed by atoms with Crippen molar-refractivity contribution in [1.29, 1.82) is 0 Å². The molecule has 4 heteroatoms. The zero-order valence-electron chi connectivity index (χ0n) is 10.4.